The van der Waals surface area contributed by atoms with Gasteiger partial charge >= 0.3 is 0 Å². The van der Waals surface area contributed by atoms with Gasteiger partial charge in [0.05, 0.1) is 18.2 Å². The topological polar surface area (TPSA) is 59.3 Å². The van der Waals surface area contributed by atoms with Crippen LogP contribution in [-0.4, -0.2) is 19.0 Å². The lowest BCUT2D eigenvalue weighted by Gasteiger charge is -2.16. The normalized spacial score (nSPS) is 12.8. The first-order valence-corrected chi connectivity index (χ1v) is 8.66. The van der Waals surface area contributed by atoms with Crippen LogP contribution in [0.25, 0.3) is 0 Å². The number of benzene rings is 2. The van der Waals surface area contributed by atoms with Gasteiger partial charge < -0.3 is 9.47 Å². The molecule has 128 valence electrons. The maximum absolute atomic E-state index is 12.5. The van der Waals surface area contributed by atoms with Crippen molar-refractivity contribution in [2.24, 2.45) is 0 Å². The van der Waals surface area contributed by atoms with Gasteiger partial charge in [0, 0.05) is 11.6 Å². The molecular formula is C21H21NO3. The van der Waals surface area contributed by atoms with E-state index in [1.54, 1.807) is 18.2 Å². The zero-order chi connectivity index (χ0) is 17.6. The van der Waals surface area contributed by atoms with Crippen LogP contribution in [-0.2, 0) is 12.8 Å². The Balaban J connectivity index is 1.71. The molecule has 0 saturated heterocycles. The van der Waals surface area contributed by atoms with Gasteiger partial charge in [-0.1, -0.05) is 12.1 Å². The Kier molecular flexibility index (Phi) is 5.35. The first-order valence-electron chi connectivity index (χ1n) is 8.66. The third-order valence-electron chi connectivity index (χ3n) is 4.40. The van der Waals surface area contributed by atoms with Gasteiger partial charge in [-0.3, -0.25) is 4.79 Å². The molecule has 1 aliphatic carbocycles. The highest BCUT2D eigenvalue weighted by molar-refractivity contribution is 5.97. The lowest BCUT2D eigenvalue weighted by Crippen LogP contribution is -2.13. The van der Waals surface area contributed by atoms with Crippen LogP contribution in [0.15, 0.2) is 36.4 Å². The lowest BCUT2D eigenvalue weighted by molar-refractivity contribution is 0.0919. The number of carbonyl (C=O) groups is 1. The zero-order valence-electron chi connectivity index (χ0n) is 14.4. The molecule has 0 fully saturated rings. The quantitative estimate of drug-likeness (QED) is 0.746. The summed E-state index contributed by atoms with van der Waals surface area (Å²) in [7, 11) is 0. The third kappa shape index (κ3) is 4.00. The van der Waals surface area contributed by atoms with E-state index in [4.69, 9.17) is 14.7 Å². The van der Waals surface area contributed by atoms with Crippen molar-refractivity contribution in [3.05, 3.63) is 58.7 Å². The molecule has 0 aliphatic heterocycles. The summed E-state index contributed by atoms with van der Waals surface area (Å²) in [6, 6.07) is 13.0. The molecule has 0 spiro atoms. The van der Waals surface area contributed by atoms with E-state index in [0.717, 1.165) is 12.8 Å². The molecule has 2 aromatic rings. The molecule has 0 radical (unpaired) electrons. The van der Waals surface area contributed by atoms with E-state index in [1.165, 1.54) is 24.0 Å². The number of rotatable bonds is 6. The van der Waals surface area contributed by atoms with E-state index >= 15 is 0 Å². The fourth-order valence-corrected chi connectivity index (χ4v) is 3.10. The Hall–Kier alpha value is -2.80. The zero-order valence-corrected chi connectivity index (χ0v) is 14.4. The molecule has 0 heterocycles. The van der Waals surface area contributed by atoms with Crippen molar-refractivity contribution in [3.63, 3.8) is 0 Å². The van der Waals surface area contributed by atoms with Crippen molar-refractivity contribution < 1.29 is 14.3 Å². The van der Waals surface area contributed by atoms with Gasteiger partial charge in [-0.2, -0.15) is 5.26 Å². The Morgan fingerprint density at radius 1 is 1.04 bits per heavy atom. The lowest BCUT2D eigenvalue weighted by atomic mass is 9.90. The van der Waals surface area contributed by atoms with Crippen molar-refractivity contribution >= 4 is 5.78 Å². The number of ether oxygens (including phenoxy) is 2. The average molecular weight is 335 g/mol. The molecule has 0 aromatic heterocycles. The summed E-state index contributed by atoms with van der Waals surface area (Å²) in [6.07, 6.45) is 4.55. The largest absolute Gasteiger partial charge is 0.490 e. The summed E-state index contributed by atoms with van der Waals surface area (Å²) in [5.41, 5.74) is 3.82. The van der Waals surface area contributed by atoms with Crippen LogP contribution in [0.3, 0.4) is 0 Å². The predicted octanol–water partition coefficient (Wildman–Crippen LogP) is 4.10. The van der Waals surface area contributed by atoms with Gasteiger partial charge in [0.25, 0.3) is 0 Å². The average Bonchev–Trinajstić information content (AvgIpc) is 2.66. The second-order valence-electron chi connectivity index (χ2n) is 6.11. The minimum absolute atomic E-state index is 0.0508. The van der Waals surface area contributed by atoms with E-state index in [-0.39, 0.29) is 12.4 Å². The van der Waals surface area contributed by atoms with Crippen LogP contribution in [0.5, 0.6) is 11.5 Å². The first-order chi connectivity index (χ1) is 12.2. The number of nitrogens with zero attached hydrogens (tertiary/aromatic N) is 1. The first kappa shape index (κ1) is 17.0. The van der Waals surface area contributed by atoms with E-state index < -0.39 is 0 Å². The molecule has 0 amide bonds. The van der Waals surface area contributed by atoms with E-state index in [9.17, 15) is 4.79 Å². The standard InChI is InChI=1S/C21H21NO3/c1-2-24-21-11-15(13-22)7-10-20(21)25-14-19(23)18-9-8-16-5-3-4-6-17(16)12-18/h7-12H,2-6,14H2,1H3. The summed E-state index contributed by atoms with van der Waals surface area (Å²) in [5, 5.41) is 8.98. The van der Waals surface area contributed by atoms with Crippen LogP contribution in [0.1, 0.15) is 46.8 Å². The highest BCUT2D eigenvalue weighted by Crippen LogP contribution is 2.28. The number of hydrogen-bond acceptors (Lipinski definition) is 4. The monoisotopic (exact) mass is 335 g/mol. The molecule has 0 unspecified atom stereocenters. The van der Waals surface area contributed by atoms with Crippen LogP contribution in [0.2, 0.25) is 0 Å². The van der Waals surface area contributed by atoms with Crippen LogP contribution in [0, 0.1) is 11.3 Å². The van der Waals surface area contributed by atoms with Crippen LogP contribution < -0.4 is 9.47 Å². The Bertz CT molecular complexity index is 820. The Morgan fingerprint density at radius 3 is 2.60 bits per heavy atom. The minimum Gasteiger partial charge on any atom is -0.490 e. The van der Waals surface area contributed by atoms with Crippen molar-refractivity contribution in [1.82, 2.24) is 0 Å². The third-order valence-corrected chi connectivity index (χ3v) is 4.40. The van der Waals surface area contributed by atoms with Gasteiger partial charge in [-0.05, 0) is 61.9 Å². The molecule has 0 bridgehead atoms. The highest BCUT2D eigenvalue weighted by Gasteiger charge is 2.14. The fourth-order valence-electron chi connectivity index (χ4n) is 3.10. The van der Waals surface area contributed by atoms with Gasteiger partial charge in [-0.15, -0.1) is 0 Å². The highest BCUT2D eigenvalue weighted by atomic mass is 16.5. The number of nitriles is 1. The molecule has 2 aromatic carbocycles. The summed E-state index contributed by atoms with van der Waals surface area (Å²) >= 11 is 0. The molecule has 3 rings (SSSR count). The van der Waals surface area contributed by atoms with Gasteiger partial charge in [0.2, 0.25) is 0 Å². The number of ketones is 1. The molecule has 0 atom stereocenters. The smallest absolute Gasteiger partial charge is 0.200 e. The predicted molar refractivity (Wildman–Crippen MR) is 95.2 cm³/mol. The molecule has 0 N–H and O–H groups in total. The summed E-state index contributed by atoms with van der Waals surface area (Å²) in [4.78, 5) is 12.5. The molecule has 25 heavy (non-hydrogen) atoms. The molecule has 0 saturated carbocycles. The maximum atomic E-state index is 12.5. The number of carbonyl (C=O) groups excluding carboxylic acids is 1. The maximum Gasteiger partial charge on any atom is 0.200 e. The van der Waals surface area contributed by atoms with Crippen LogP contribution in [0.4, 0.5) is 0 Å². The Morgan fingerprint density at radius 2 is 1.84 bits per heavy atom. The van der Waals surface area contributed by atoms with Crippen molar-refractivity contribution in [3.8, 4) is 17.6 Å². The molecule has 4 heteroatoms. The van der Waals surface area contributed by atoms with Gasteiger partial charge in [-0.25, -0.2) is 0 Å². The van der Waals surface area contributed by atoms with Crippen molar-refractivity contribution in [1.29, 1.82) is 5.26 Å². The van der Waals surface area contributed by atoms with E-state index in [1.807, 2.05) is 19.1 Å². The molecule has 4 nitrogen and oxygen atoms in total. The SMILES string of the molecule is CCOc1cc(C#N)ccc1OCC(=O)c1ccc2c(c1)CCCC2. The Labute approximate surface area is 148 Å². The summed E-state index contributed by atoms with van der Waals surface area (Å²) in [6.45, 7) is 2.27. The molecule has 1 aliphatic rings. The van der Waals surface area contributed by atoms with E-state index in [0.29, 0.717) is 29.2 Å². The summed E-state index contributed by atoms with van der Waals surface area (Å²) in [5.74, 6) is 0.909. The van der Waals surface area contributed by atoms with Gasteiger partial charge in [0.15, 0.2) is 23.9 Å². The van der Waals surface area contributed by atoms with Crippen molar-refractivity contribution in [2.45, 2.75) is 32.6 Å². The number of aryl methyl sites for hydroxylation is 2. The number of fused-ring (bicyclic) bond motifs is 1. The second-order valence-corrected chi connectivity index (χ2v) is 6.11. The van der Waals surface area contributed by atoms with Crippen LogP contribution >= 0.6 is 0 Å². The molecular weight excluding hydrogens is 314 g/mol. The van der Waals surface area contributed by atoms with E-state index in [2.05, 4.69) is 12.1 Å². The van der Waals surface area contributed by atoms with Gasteiger partial charge in [0.1, 0.15) is 0 Å². The van der Waals surface area contributed by atoms with Crippen molar-refractivity contribution in [2.75, 3.05) is 13.2 Å². The minimum atomic E-state index is -0.0554. The number of Topliss-reactive ketones (excluding diaryl/α,β-unsaturated/α-hetero) is 1. The number of hydrogen-bond donors (Lipinski definition) is 0. The fraction of sp³-hybridized carbons (Fsp3) is 0.333. The second kappa shape index (κ2) is 7.85. The summed E-state index contributed by atoms with van der Waals surface area (Å²) < 4.78 is 11.2.